The van der Waals surface area contributed by atoms with Gasteiger partial charge in [0.2, 0.25) is 0 Å². The van der Waals surface area contributed by atoms with Gasteiger partial charge in [-0.2, -0.15) is 0 Å². The van der Waals surface area contributed by atoms with Crippen molar-refractivity contribution in [3.8, 4) is 0 Å². The minimum atomic E-state index is -1.71. The zero-order chi connectivity index (χ0) is 19.5. The smallest absolute Gasteiger partial charge is 0.355 e. The summed E-state index contributed by atoms with van der Waals surface area (Å²) < 4.78 is 10.7. The van der Waals surface area contributed by atoms with Gasteiger partial charge in [-0.25, -0.2) is 0 Å². The number of rotatable bonds is 6. The van der Waals surface area contributed by atoms with Crippen LogP contribution in [-0.4, -0.2) is 23.5 Å². The summed E-state index contributed by atoms with van der Waals surface area (Å²) in [4.78, 5) is 0. The van der Waals surface area contributed by atoms with E-state index in [4.69, 9.17) is 8.85 Å². The van der Waals surface area contributed by atoms with Gasteiger partial charge in [-0.15, -0.1) is 0 Å². The monoisotopic (exact) mass is 374 g/mol. The van der Waals surface area contributed by atoms with Crippen molar-refractivity contribution >= 4 is 26.1 Å². The highest BCUT2D eigenvalue weighted by Crippen LogP contribution is 2.20. The predicted octanol–water partition coefficient (Wildman–Crippen LogP) is 4.80. The maximum absolute atomic E-state index is 5.36. The lowest BCUT2D eigenvalue weighted by Crippen LogP contribution is -2.34. The van der Waals surface area contributed by atoms with Crippen LogP contribution in [0.1, 0.15) is 16.7 Å². The Balaban J connectivity index is 0.000000273. The van der Waals surface area contributed by atoms with E-state index in [0.717, 1.165) is 21.9 Å². The summed E-state index contributed by atoms with van der Waals surface area (Å²) in [5.74, 6) is 0. The summed E-state index contributed by atoms with van der Waals surface area (Å²) >= 11 is 0. The van der Waals surface area contributed by atoms with Gasteiger partial charge in [0.1, 0.15) is 0 Å². The predicted molar refractivity (Wildman–Crippen MR) is 118 cm³/mol. The normalized spacial score (nSPS) is 10.0. The maximum atomic E-state index is 5.36. The molecule has 0 aliphatic rings. The van der Waals surface area contributed by atoms with Gasteiger partial charge in [0, 0.05) is 14.2 Å². The highest BCUT2D eigenvalue weighted by molar-refractivity contribution is 6.61. The fourth-order valence-electron chi connectivity index (χ4n) is 2.60. The van der Waals surface area contributed by atoms with Gasteiger partial charge in [0.25, 0.3) is 0 Å². The molecule has 3 rings (SSSR count). The van der Waals surface area contributed by atoms with Gasteiger partial charge in [-0.05, 0) is 27.5 Å². The molecule has 0 aliphatic carbocycles. The van der Waals surface area contributed by atoms with Crippen LogP contribution in [-0.2, 0) is 8.85 Å². The Morgan fingerprint density at radius 1 is 0.741 bits per heavy atom. The van der Waals surface area contributed by atoms with Crippen LogP contribution in [0.5, 0.6) is 0 Å². The summed E-state index contributed by atoms with van der Waals surface area (Å²) in [5.41, 5.74) is 4.46. The minimum absolute atomic E-state index is 1.03. The highest BCUT2D eigenvalue weighted by Gasteiger charge is 2.13. The Bertz CT molecular complexity index is 823. The van der Waals surface area contributed by atoms with Gasteiger partial charge >= 0.3 is 9.28 Å². The molecule has 0 saturated heterocycles. The molecule has 0 bridgehead atoms. The van der Waals surface area contributed by atoms with Crippen LogP contribution in [0, 0.1) is 0 Å². The van der Waals surface area contributed by atoms with Gasteiger partial charge in [0.15, 0.2) is 0 Å². The first kappa shape index (κ1) is 20.6. The van der Waals surface area contributed by atoms with Crippen LogP contribution in [0.2, 0.25) is 0 Å². The first-order chi connectivity index (χ1) is 13.2. The Labute approximate surface area is 164 Å². The van der Waals surface area contributed by atoms with Crippen LogP contribution in [0.4, 0.5) is 0 Å². The lowest BCUT2D eigenvalue weighted by atomic mass is 10.00. The molecule has 0 atom stereocenters. The van der Waals surface area contributed by atoms with Crippen molar-refractivity contribution < 1.29 is 8.85 Å². The highest BCUT2D eigenvalue weighted by atomic mass is 28.3. The Morgan fingerprint density at radius 2 is 1.22 bits per heavy atom. The van der Waals surface area contributed by atoms with Gasteiger partial charge in [0.05, 0.1) is 0 Å². The molecular weight excluding hydrogens is 348 g/mol. The molecule has 0 fully saturated rings. The first-order valence-corrected chi connectivity index (χ1v) is 10.3. The molecule has 3 aromatic carbocycles. The van der Waals surface area contributed by atoms with Crippen molar-refractivity contribution in [2.24, 2.45) is 0 Å². The van der Waals surface area contributed by atoms with Crippen LogP contribution < -0.4 is 5.19 Å². The largest absolute Gasteiger partial charge is 0.397 e. The van der Waals surface area contributed by atoms with Gasteiger partial charge < -0.3 is 8.85 Å². The average molecular weight is 375 g/mol. The molecule has 0 heterocycles. The molecule has 3 heteroatoms. The van der Waals surface area contributed by atoms with Crippen molar-refractivity contribution in [2.45, 2.75) is 0 Å². The summed E-state index contributed by atoms with van der Waals surface area (Å²) in [7, 11) is 1.68. The van der Waals surface area contributed by atoms with E-state index in [-0.39, 0.29) is 0 Å². The topological polar surface area (TPSA) is 18.5 Å². The second-order valence-corrected chi connectivity index (χ2v) is 8.16. The van der Waals surface area contributed by atoms with Gasteiger partial charge in [-0.3, -0.25) is 0 Å². The second-order valence-electron chi connectivity index (χ2n) is 5.88. The summed E-state index contributed by atoms with van der Waals surface area (Å²) in [6, 6.07) is 28.5. The van der Waals surface area contributed by atoms with E-state index in [1.54, 1.807) is 14.2 Å². The van der Waals surface area contributed by atoms with Crippen molar-refractivity contribution in [3.05, 3.63) is 115 Å². The maximum Gasteiger partial charge on any atom is 0.355 e. The molecule has 2 nitrogen and oxygen atoms in total. The number of hydrogen-bond acceptors (Lipinski definition) is 2. The van der Waals surface area contributed by atoms with Crippen LogP contribution in [0.15, 0.2) is 98.1 Å². The minimum Gasteiger partial charge on any atom is -0.397 e. The number of hydrogen-bond donors (Lipinski definition) is 0. The second kappa shape index (κ2) is 11.1. The molecule has 0 aromatic heterocycles. The average Bonchev–Trinajstić information content (AvgIpc) is 2.76. The molecule has 3 aromatic rings. The zero-order valence-electron chi connectivity index (χ0n) is 16.0. The van der Waals surface area contributed by atoms with E-state index in [1.165, 1.54) is 5.56 Å². The van der Waals surface area contributed by atoms with Crippen LogP contribution >= 0.6 is 0 Å². The van der Waals surface area contributed by atoms with Crippen LogP contribution in [0.25, 0.3) is 11.6 Å². The zero-order valence-corrected chi connectivity index (χ0v) is 17.1. The van der Waals surface area contributed by atoms with E-state index < -0.39 is 9.28 Å². The molecular formula is C24H26O2Si. The quantitative estimate of drug-likeness (QED) is 0.577. The Morgan fingerprint density at radius 3 is 1.67 bits per heavy atom. The van der Waals surface area contributed by atoms with E-state index >= 15 is 0 Å². The van der Waals surface area contributed by atoms with E-state index in [0.29, 0.717) is 0 Å². The third-order valence-corrected chi connectivity index (χ3v) is 5.90. The van der Waals surface area contributed by atoms with Crippen molar-refractivity contribution in [2.75, 3.05) is 14.2 Å². The third-order valence-electron chi connectivity index (χ3n) is 4.12. The van der Waals surface area contributed by atoms with Crippen molar-refractivity contribution in [1.82, 2.24) is 0 Å². The summed E-state index contributed by atoms with van der Waals surface area (Å²) in [5, 5.41) is 1.13. The summed E-state index contributed by atoms with van der Waals surface area (Å²) in [6.07, 6.45) is 1.83. The molecule has 0 aliphatic heterocycles. The Kier molecular flexibility index (Phi) is 8.45. The van der Waals surface area contributed by atoms with E-state index in [1.807, 2.05) is 54.6 Å². The molecule has 138 valence electrons. The lowest BCUT2D eigenvalue weighted by molar-refractivity contribution is 0.292. The van der Waals surface area contributed by atoms with Crippen molar-refractivity contribution in [3.63, 3.8) is 0 Å². The first-order valence-electron chi connectivity index (χ1n) is 8.77. The van der Waals surface area contributed by atoms with Crippen molar-refractivity contribution in [1.29, 1.82) is 0 Å². The molecule has 0 radical (unpaired) electrons. The summed E-state index contributed by atoms with van der Waals surface area (Å²) in [6.45, 7) is 7.79. The Hall–Kier alpha value is -2.72. The lowest BCUT2D eigenvalue weighted by Gasteiger charge is -2.12. The number of benzene rings is 3. The molecule has 0 saturated carbocycles. The van der Waals surface area contributed by atoms with Crippen LogP contribution in [0.3, 0.4) is 0 Å². The fraction of sp³-hybridized carbons (Fsp3) is 0.0833. The van der Waals surface area contributed by atoms with Gasteiger partial charge in [-0.1, -0.05) is 104 Å². The molecule has 0 spiro atoms. The standard InChI is InChI=1S/C16H18O2Si.C8H8/c1-13(14-7-5-4-6-8-14)15-9-11-16(12-10-15)19(17-2)18-3;1-2-8-6-4-3-5-7-8/h4-12,19H,1H2,2-3H3;2-7H,1H2. The molecule has 0 N–H and O–H groups in total. The third kappa shape index (κ3) is 6.18. The van der Waals surface area contributed by atoms with E-state index in [9.17, 15) is 0 Å². The SMILES string of the molecule is C=C(c1ccccc1)c1ccc([SiH](OC)OC)cc1.C=Cc1ccccc1. The molecule has 0 amide bonds. The molecule has 0 unspecified atom stereocenters. The fourth-order valence-corrected chi connectivity index (χ4v) is 3.85. The van der Waals surface area contributed by atoms with E-state index in [2.05, 4.69) is 49.6 Å². The molecule has 27 heavy (non-hydrogen) atoms.